The Hall–Kier alpha value is -2.22. The highest BCUT2D eigenvalue weighted by atomic mass is 14.8. The van der Waals surface area contributed by atoms with Crippen LogP contribution in [0.1, 0.15) is 11.1 Å². The molecule has 2 rings (SSSR count). The molecule has 0 fully saturated rings. The van der Waals surface area contributed by atoms with Crippen LogP contribution in [-0.4, -0.2) is 9.97 Å². The van der Waals surface area contributed by atoms with Gasteiger partial charge in [-0.15, -0.1) is 0 Å². The van der Waals surface area contributed by atoms with Gasteiger partial charge in [-0.3, -0.25) is 9.97 Å². The van der Waals surface area contributed by atoms with E-state index in [2.05, 4.69) is 23.1 Å². The Kier molecular flexibility index (Phi) is 2.92. The highest BCUT2D eigenvalue weighted by molar-refractivity contribution is 5.75. The topological polar surface area (TPSA) is 25.8 Å². The van der Waals surface area contributed by atoms with Gasteiger partial charge in [0.1, 0.15) is 0 Å². The number of hydrogen-bond acceptors (Lipinski definition) is 2. The van der Waals surface area contributed by atoms with Gasteiger partial charge in [-0.2, -0.15) is 0 Å². The minimum Gasteiger partial charge on any atom is -0.255 e. The second kappa shape index (κ2) is 4.53. The molecule has 2 heteroatoms. The molecule has 2 nitrogen and oxygen atoms in total. The molecule has 0 aliphatic rings. The van der Waals surface area contributed by atoms with Crippen molar-refractivity contribution in [2.24, 2.45) is 0 Å². The third-order valence-corrected chi connectivity index (χ3v) is 2.36. The summed E-state index contributed by atoms with van der Waals surface area (Å²) in [6.45, 7) is 7.59. The summed E-state index contributed by atoms with van der Waals surface area (Å²) in [5, 5.41) is 0. The molecule has 0 amide bonds. The molecule has 0 unspecified atom stereocenters. The fraction of sp³-hybridized carbons (Fsp3) is 0. The Bertz CT molecular complexity index is 516. The van der Waals surface area contributed by atoms with Gasteiger partial charge < -0.3 is 0 Å². The maximum atomic E-state index is 4.35. The van der Waals surface area contributed by atoms with Crippen LogP contribution < -0.4 is 0 Å². The van der Waals surface area contributed by atoms with Crippen molar-refractivity contribution in [3.8, 4) is 11.4 Å². The molecule has 0 aromatic carbocycles. The standard InChI is InChI=1S/C14H12N2/c1-3-11-8-10-16-14(12(11)4-2)13-7-5-6-9-15-13/h3-10H,1-2H2. The maximum absolute atomic E-state index is 4.35. The lowest BCUT2D eigenvalue weighted by Gasteiger charge is -2.07. The number of rotatable bonds is 3. The molecule has 2 heterocycles. The first kappa shape index (κ1) is 10.3. The Morgan fingerprint density at radius 3 is 2.44 bits per heavy atom. The number of hydrogen-bond donors (Lipinski definition) is 0. The van der Waals surface area contributed by atoms with Gasteiger partial charge in [0.15, 0.2) is 0 Å². The molecule has 78 valence electrons. The quantitative estimate of drug-likeness (QED) is 0.772. The van der Waals surface area contributed by atoms with E-state index in [1.807, 2.05) is 24.3 Å². The van der Waals surface area contributed by atoms with Crippen LogP contribution >= 0.6 is 0 Å². The summed E-state index contributed by atoms with van der Waals surface area (Å²) in [5.41, 5.74) is 3.68. The van der Waals surface area contributed by atoms with E-state index in [-0.39, 0.29) is 0 Å². The number of nitrogens with zero attached hydrogens (tertiary/aromatic N) is 2. The lowest BCUT2D eigenvalue weighted by Crippen LogP contribution is -1.92. The average Bonchev–Trinajstić information content (AvgIpc) is 2.38. The van der Waals surface area contributed by atoms with Crippen LogP contribution in [0.5, 0.6) is 0 Å². The SMILES string of the molecule is C=Cc1ccnc(-c2ccccn2)c1C=C. The normalized spacial score (nSPS) is 9.75. The molecule has 0 bridgehead atoms. The second-order valence-electron chi connectivity index (χ2n) is 3.29. The average molecular weight is 208 g/mol. The first-order valence-corrected chi connectivity index (χ1v) is 5.02. The Labute approximate surface area is 95.0 Å². The van der Waals surface area contributed by atoms with Crippen LogP contribution in [0, 0.1) is 0 Å². The predicted octanol–water partition coefficient (Wildman–Crippen LogP) is 3.43. The van der Waals surface area contributed by atoms with Crippen molar-refractivity contribution >= 4 is 12.2 Å². The highest BCUT2D eigenvalue weighted by Gasteiger charge is 2.07. The van der Waals surface area contributed by atoms with Gasteiger partial charge in [-0.25, -0.2) is 0 Å². The maximum Gasteiger partial charge on any atom is 0.0964 e. The van der Waals surface area contributed by atoms with E-state index >= 15 is 0 Å². The van der Waals surface area contributed by atoms with Crippen molar-refractivity contribution in [3.63, 3.8) is 0 Å². The lowest BCUT2D eigenvalue weighted by molar-refractivity contribution is 1.24. The predicted molar refractivity (Wildman–Crippen MR) is 67.7 cm³/mol. The zero-order chi connectivity index (χ0) is 11.4. The van der Waals surface area contributed by atoms with Crippen molar-refractivity contribution in [1.29, 1.82) is 0 Å². The molecular formula is C14H12N2. The van der Waals surface area contributed by atoms with Crippen LogP contribution in [0.4, 0.5) is 0 Å². The van der Waals surface area contributed by atoms with Gasteiger partial charge in [0, 0.05) is 18.0 Å². The van der Waals surface area contributed by atoms with E-state index in [1.54, 1.807) is 24.5 Å². The van der Waals surface area contributed by atoms with E-state index in [1.165, 1.54) is 0 Å². The van der Waals surface area contributed by atoms with E-state index < -0.39 is 0 Å². The highest BCUT2D eigenvalue weighted by Crippen LogP contribution is 2.23. The summed E-state index contributed by atoms with van der Waals surface area (Å²) >= 11 is 0. The zero-order valence-electron chi connectivity index (χ0n) is 8.93. The number of pyridine rings is 2. The van der Waals surface area contributed by atoms with Crippen LogP contribution in [0.25, 0.3) is 23.5 Å². The van der Waals surface area contributed by atoms with Crippen molar-refractivity contribution < 1.29 is 0 Å². The monoisotopic (exact) mass is 208 g/mol. The lowest BCUT2D eigenvalue weighted by atomic mass is 10.0. The van der Waals surface area contributed by atoms with Crippen molar-refractivity contribution in [1.82, 2.24) is 9.97 Å². The Balaban J connectivity index is 2.66. The van der Waals surface area contributed by atoms with Gasteiger partial charge in [0.05, 0.1) is 11.4 Å². The smallest absolute Gasteiger partial charge is 0.0964 e. The number of aromatic nitrogens is 2. The van der Waals surface area contributed by atoms with Crippen LogP contribution in [-0.2, 0) is 0 Å². The molecule has 16 heavy (non-hydrogen) atoms. The first-order valence-electron chi connectivity index (χ1n) is 5.02. The molecule has 2 aromatic heterocycles. The molecule has 0 N–H and O–H groups in total. The first-order chi connectivity index (χ1) is 7.86. The molecule has 0 aliphatic heterocycles. The van der Waals surface area contributed by atoms with Gasteiger partial charge in [0.2, 0.25) is 0 Å². The fourth-order valence-corrected chi connectivity index (χ4v) is 1.59. The Morgan fingerprint density at radius 2 is 1.81 bits per heavy atom. The molecule has 0 atom stereocenters. The molecule has 0 aliphatic carbocycles. The molecule has 0 radical (unpaired) electrons. The van der Waals surface area contributed by atoms with Gasteiger partial charge in [-0.1, -0.05) is 31.4 Å². The van der Waals surface area contributed by atoms with Gasteiger partial charge >= 0.3 is 0 Å². The van der Waals surface area contributed by atoms with Crippen molar-refractivity contribution in [3.05, 3.63) is 60.9 Å². The van der Waals surface area contributed by atoms with Crippen LogP contribution in [0.2, 0.25) is 0 Å². The summed E-state index contributed by atoms with van der Waals surface area (Å²) in [6, 6.07) is 7.67. The van der Waals surface area contributed by atoms with E-state index in [4.69, 9.17) is 0 Å². The van der Waals surface area contributed by atoms with Gasteiger partial charge in [0.25, 0.3) is 0 Å². The molecule has 0 spiro atoms. The minimum atomic E-state index is 0.841. The van der Waals surface area contributed by atoms with Crippen molar-refractivity contribution in [2.45, 2.75) is 0 Å². The summed E-state index contributed by atoms with van der Waals surface area (Å²) < 4.78 is 0. The summed E-state index contributed by atoms with van der Waals surface area (Å²) in [6.07, 6.45) is 7.09. The second-order valence-corrected chi connectivity index (χ2v) is 3.29. The largest absolute Gasteiger partial charge is 0.255 e. The van der Waals surface area contributed by atoms with Crippen molar-refractivity contribution in [2.75, 3.05) is 0 Å². The van der Waals surface area contributed by atoms with E-state index in [0.717, 1.165) is 22.5 Å². The molecule has 2 aromatic rings. The third kappa shape index (κ3) is 1.77. The van der Waals surface area contributed by atoms with E-state index in [9.17, 15) is 0 Å². The fourth-order valence-electron chi connectivity index (χ4n) is 1.59. The van der Waals surface area contributed by atoms with Gasteiger partial charge in [-0.05, 0) is 23.8 Å². The van der Waals surface area contributed by atoms with Crippen LogP contribution in [0.3, 0.4) is 0 Å². The van der Waals surface area contributed by atoms with E-state index in [0.29, 0.717) is 0 Å². The molecule has 0 saturated heterocycles. The zero-order valence-corrected chi connectivity index (χ0v) is 8.93. The van der Waals surface area contributed by atoms with Crippen LogP contribution in [0.15, 0.2) is 49.8 Å². The summed E-state index contributed by atoms with van der Waals surface area (Å²) in [5.74, 6) is 0. The Morgan fingerprint density at radius 1 is 0.938 bits per heavy atom. The summed E-state index contributed by atoms with van der Waals surface area (Å²) in [4.78, 5) is 8.64. The molecular weight excluding hydrogens is 196 g/mol. The third-order valence-electron chi connectivity index (χ3n) is 2.36. The minimum absolute atomic E-state index is 0.841. The summed E-state index contributed by atoms with van der Waals surface area (Å²) in [7, 11) is 0. The molecule has 0 saturated carbocycles.